The van der Waals surface area contributed by atoms with Crippen molar-refractivity contribution in [3.63, 3.8) is 0 Å². The Bertz CT molecular complexity index is 943. The van der Waals surface area contributed by atoms with Crippen LogP contribution >= 0.6 is 12.2 Å². The fourth-order valence-electron chi connectivity index (χ4n) is 3.58. The highest BCUT2D eigenvalue weighted by atomic mass is 32.1. The molecule has 2 N–H and O–H groups in total. The van der Waals surface area contributed by atoms with E-state index >= 15 is 0 Å². The molecule has 0 saturated carbocycles. The highest BCUT2D eigenvalue weighted by molar-refractivity contribution is 7.80. The lowest BCUT2D eigenvalue weighted by atomic mass is 10.1. The summed E-state index contributed by atoms with van der Waals surface area (Å²) in [6.07, 6.45) is -0.0219. The van der Waals surface area contributed by atoms with E-state index in [0.717, 1.165) is 28.4 Å². The van der Waals surface area contributed by atoms with Gasteiger partial charge in [-0.05, 0) is 42.5 Å². The topological polar surface area (TPSA) is 45.5 Å². The minimum atomic E-state index is -0.0219. The third kappa shape index (κ3) is 3.98. The van der Waals surface area contributed by atoms with Crippen LogP contribution in [0.5, 0.6) is 11.5 Å². The first-order chi connectivity index (χ1) is 14.2. The van der Waals surface area contributed by atoms with Crippen LogP contribution in [0.2, 0.25) is 0 Å². The Morgan fingerprint density at radius 2 is 1.45 bits per heavy atom. The second kappa shape index (κ2) is 8.41. The van der Waals surface area contributed by atoms with Crippen LogP contribution in [0.4, 0.5) is 11.4 Å². The number of hydrogen-bond donors (Lipinski definition) is 2. The summed E-state index contributed by atoms with van der Waals surface area (Å²) < 4.78 is 11.2. The minimum Gasteiger partial charge on any atom is -0.496 e. The van der Waals surface area contributed by atoms with Crippen molar-refractivity contribution in [1.29, 1.82) is 0 Å². The summed E-state index contributed by atoms with van der Waals surface area (Å²) in [5.41, 5.74) is 3.05. The predicted octanol–water partition coefficient (Wildman–Crippen LogP) is 4.58. The van der Waals surface area contributed by atoms with Gasteiger partial charge in [-0.3, -0.25) is 0 Å². The van der Waals surface area contributed by atoms with E-state index in [1.165, 1.54) is 0 Å². The first-order valence-electron chi connectivity index (χ1n) is 9.39. The molecule has 4 rings (SSSR count). The number of nitrogens with one attached hydrogen (secondary N) is 2. The molecule has 1 fully saturated rings. The van der Waals surface area contributed by atoms with Gasteiger partial charge in [-0.2, -0.15) is 0 Å². The van der Waals surface area contributed by atoms with E-state index < -0.39 is 0 Å². The highest BCUT2D eigenvalue weighted by Crippen LogP contribution is 2.50. The molecule has 1 saturated heterocycles. The maximum atomic E-state index is 5.60. The van der Waals surface area contributed by atoms with E-state index in [2.05, 4.69) is 27.7 Å². The van der Waals surface area contributed by atoms with Crippen molar-refractivity contribution in [2.75, 3.05) is 24.4 Å². The highest BCUT2D eigenvalue weighted by Gasteiger charge is 2.51. The third-order valence-corrected chi connectivity index (χ3v) is 5.16. The number of ether oxygens (including phenoxy) is 2. The monoisotopic (exact) mass is 405 g/mol. The van der Waals surface area contributed by atoms with Gasteiger partial charge in [0.25, 0.3) is 0 Å². The largest absolute Gasteiger partial charge is 0.496 e. The number of methoxy groups -OCH3 is 2. The van der Waals surface area contributed by atoms with Gasteiger partial charge in [0.1, 0.15) is 17.7 Å². The second-order valence-electron chi connectivity index (χ2n) is 6.68. The van der Waals surface area contributed by atoms with Gasteiger partial charge in [-0.25, -0.2) is 0 Å². The van der Waals surface area contributed by atoms with Crippen molar-refractivity contribution in [3.05, 3.63) is 84.4 Å². The normalized spacial score (nSPS) is 17.4. The van der Waals surface area contributed by atoms with Crippen LogP contribution < -0.4 is 25.0 Å². The number of rotatable bonds is 6. The molecule has 6 heteroatoms. The summed E-state index contributed by atoms with van der Waals surface area (Å²) in [5.74, 6) is 1.67. The van der Waals surface area contributed by atoms with Crippen molar-refractivity contribution in [2.24, 2.45) is 0 Å². The second-order valence-corrected chi connectivity index (χ2v) is 7.08. The lowest BCUT2D eigenvalue weighted by Gasteiger charge is -2.13. The number of para-hydroxylation sites is 4. The van der Waals surface area contributed by atoms with E-state index in [1.807, 2.05) is 66.7 Å². The summed E-state index contributed by atoms with van der Waals surface area (Å²) in [4.78, 5) is 2.25. The minimum absolute atomic E-state index is 0.0219. The van der Waals surface area contributed by atoms with Gasteiger partial charge >= 0.3 is 0 Å². The molecule has 2 unspecified atom stereocenters. The molecule has 0 bridgehead atoms. The molecular weight excluding hydrogens is 382 g/mol. The van der Waals surface area contributed by atoms with Gasteiger partial charge in [0.05, 0.1) is 25.9 Å². The molecule has 1 aliphatic heterocycles. The Kier molecular flexibility index (Phi) is 5.53. The van der Waals surface area contributed by atoms with E-state index in [0.29, 0.717) is 5.11 Å². The summed E-state index contributed by atoms with van der Waals surface area (Å²) >= 11 is 5.57. The number of hydrogen-bond acceptors (Lipinski definition) is 4. The van der Waals surface area contributed by atoms with E-state index in [4.69, 9.17) is 21.7 Å². The zero-order chi connectivity index (χ0) is 20.2. The SMILES string of the molecule is COc1ccccc1C1C(NC(=S)Nc2ccccc2)N1c1ccccc1OC. The number of thiocarbonyl (C=S) groups is 1. The molecule has 29 heavy (non-hydrogen) atoms. The molecule has 0 amide bonds. The molecule has 2 atom stereocenters. The van der Waals surface area contributed by atoms with Crippen molar-refractivity contribution in [2.45, 2.75) is 12.2 Å². The zero-order valence-electron chi connectivity index (χ0n) is 16.3. The Hall–Kier alpha value is -3.25. The molecule has 0 aromatic heterocycles. The summed E-state index contributed by atoms with van der Waals surface area (Å²) in [6, 6.07) is 26.0. The van der Waals surface area contributed by atoms with E-state index in [-0.39, 0.29) is 12.2 Å². The molecule has 0 spiro atoms. The number of nitrogens with zero attached hydrogens (tertiary/aromatic N) is 1. The molecule has 1 aliphatic rings. The van der Waals surface area contributed by atoms with Crippen LogP contribution in [-0.2, 0) is 0 Å². The van der Waals surface area contributed by atoms with Gasteiger partial charge in [-0.1, -0.05) is 48.5 Å². The maximum Gasteiger partial charge on any atom is 0.172 e. The zero-order valence-corrected chi connectivity index (χ0v) is 17.1. The maximum absolute atomic E-state index is 5.60. The van der Waals surface area contributed by atoms with Crippen LogP contribution in [0.3, 0.4) is 0 Å². The fourth-order valence-corrected chi connectivity index (χ4v) is 3.81. The lowest BCUT2D eigenvalue weighted by Crippen LogP contribution is -2.33. The molecule has 5 nitrogen and oxygen atoms in total. The number of benzene rings is 3. The standard InChI is InChI=1S/C23H23N3O2S/c1-27-19-14-8-6-12-17(19)21-22(25-23(29)24-16-10-4-3-5-11-16)26(21)18-13-7-9-15-20(18)28-2/h3-15,21-22H,1-2H3,(H2,24,25,29). The van der Waals surface area contributed by atoms with Gasteiger partial charge in [0, 0.05) is 11.3 Å². The summed E-state index contributed by atoms with van der Waals surface area (Å²) in [6.45, 7) is 0. The van der Waals surface area contributed by atoms with Gasteiger partial charge in [0.2, 0.25) is 0 Å². The smallest absolute Gasteiger partial charge is 0.172 e. The summed E-state index contributed by atoms with van der Waals surface area (Å²) in [7, 11) is 3.38. The van der Waals surface area contributed by atoms with Crippen LogP contribution in [0.1, 0.15) is 11.6 Å². The Balaban J connectivity index is 1.61. The molecule has 3 aromatic rings. The van der Waals surface area contributed by atoms with Gasteiger partial charge in [0.15, 0.2) is 5.11 Å². The van der Waals surface area contributed by atoms with Gasteiger partial charge in [-0.15, -0.1) is 0 Å². The lowest BCUT2D eigenvalue weighted by molar-refractivity contribution is 0.409. The first kappa shape index (κ1) is 19.1. The Labute approximate surface area is 176 Å². The van der Waals surface area contributed by atoms with Crippen molar-refractivity contribution in [1.82, 2.24) is 5.32 Å². The van der Waals surface area contributed by atoms with Crippen molar-refractivity contribution >= 4 is 28.7 Å². The number of anilines is 2. The third-order valence-electron chi connectivity index (χ3n) is 4.94. The van der Waals surface area contributed by atoms with Crippen molar-refractivity contribution in [3.8, 4) is 11.5 Å². The summed E-state index contributed by atoms with van der Waals surface area (Å²) in [5, 5.41) is 7.25. The average Bonchev–Trinajstić information content (AvgIpc) is 3.46. The van der Waals surface area contributed by atoms with Crippen LogP contribution in [0.15, 0.2) is 78.9 Å². The average molecular weight is 406 g/mol. The van der Waals surface area contributed by atoms with E-state index in [1.54, 1.807) is 14.2 Å². The molecule has 148 valence electrons. The molecule has 3 aromatic carbocycles. The van der Waals surface area contributed by atoms with Crippen LogP contribution in [-0.4, -0.2) is 25.5 Å². The van der Waals surface area contributed by atoms with Crippen LogP contribution in [0, 0.1) is 0 Å². The molecule has 0 radical (unpaired) electrons. The van der Waals surface area contributed by atoms with Crippen LogP contribution in [0.25, 0.3) is 0 Å². The Morgan fingerprint density at radius 3 is 2.17 bits per heavy atom. The molecule has 1 heterocycles. The first-order valence-corrected chi connectivity index (χ1v) is 9.80. The quantitative estimate of drug-likeness (QED) is 0.462. The Morgan fingerprint density at radius 1 is 0.828 bits per heavy atom. The molecule has 0 aliphatic carbocycles. The molecular formula is C23H23N3O2S. The van der Waals surface area contributed by atoms with E-state index in [9.17, 15) is 0 Å². The van der Waals surface area contributed by atoms with Crippen molar-refractivity contribution < 1.29 is 9.47 Å². The fraction of sp³-hybridized carbons (Fsp3) is 0.174. The predicted molar refractivity (Wildman–Crippen MR) is 121 cm³/mol. The van der Waals surface area contributed by atoms with Gasteiger partial charge < -0.3 is 25.0 Å².